The molecule has 19 heavy (non-hydrogen) atoms. The quantitative estimate of drug-likeness (QED) is 0.841. The Morgan fingerprint density at radius 1 is 1.42 bits per heavy atom. The number of nitrogens with zero attached hydrogens (tertiary/aromatic N) is 1. The minimum atomic E-state index is -0.362. The number of rotatable bonds is 6. The van der Waals surface area contributed by atoms with Crippen molar-refractivity contribution in [3.63, 3.8) is 0 Å². The van der Waals surface area contributed by atoms with E-state index in [1.807, 2.05) is 18.2 Å². The summed E-state index contributed by atoms with van der Waals surface area (Å²) in [7, 11) is 1.59. The number of likely N-dealkylation sites (tertiary alicyclic amines) is 1. The highest BCUT2D eigenvalue weighted by atomic mass is 35.5. The molecule has 1 aromatic rings. The number of β-amino-alcohol motifs (C(OH)–C–C–N with tert-alkyl or cyclic N) is 1. The summed E-state index contributed by atoms with van der Waals surface area (Å²) in [6.45, 7) is 3.47. The zero-order valence-electron chi connectivity index (χ0n) is 11.2. The average Bonchev–Trinajstić information content (AvgIpc) is 2.89. The van der Waals surface area contributed by atoms with E-state index in [0.29, 0.717) is 17.3 Å². The molecule has 0 aromatic heterocycles. The summed E-state index contributed by atoms with van der Waals surface area (Å²) in [5, 5.41) is 13.7. The van der Waals surface area contributed by atoms with Gasteiger partial charge in [0.15, 0.2) is 0 Å². The summed E-state index contributed by atoms with van der Waals surface area (Å²) >= 11 is 6.05. The van der Waals surface area contributed by atoms with Gasteiger partial charge in [-0.05, 0) is 44.1 Å². The molecule has 0 saturated carbocycles. The third kappa shape index (κ3) is 4.27. The first-order valence-corrected chi connectivity index (χ1v) is 7.04. The second-order valence-electron chi connectivity index (χ2n) is 4.89. The van der Waals surface area contributed by atoms with Gasteiger partial charge in [-0.3, -0.25) is 0 Å². The van der Waals surface area contributed by atoms with Crippen LogP contribution in [-0.2, 0) is 0 Å². The van der Waals surface area contributed by atoms with Crippen LogP contribution in [0.1, 0.15) is 12.8 Å². The van der Waals surface area contributed by atoms with E-state index in [-0.39, 0.29) is 6.10 Å². The van der Waals surface area contributed by atoms with Crippen molar-refractivity contribution in [3.8, 4) is 5.75 Å². The van der Waals surface area contributed by atoms with Gasteiger partial charge in [-0.25, -0.2) is 0 Å². The maximum absolute atomic E-state index is 9.98. The lowest BCUT2D eigenvalue weighted by Gasteiger charge is -2.20. The largest absolute Gasteiger partial charge is 0.495 e. The van der Waals surface area contributed by atoms with Crippen molar-refractivity contribution in [2.75, 3.05) is 38.6 Å². The van der Waals surface area contributed by atoms with Crippen molar-refractivity contribution in [1.29, 1.82) is 0 Å². The van der Waals surface area contributed by atoms with Gasteiger partial charge in [-0.2, -0.15) is 0 Å². The molecule has 1 saturated heterocycles. The maximum Gasteiger partial charge on any atom is 0.137 e. The normalized spacial score (nSPS) is 17.4. The number of anilines is 1. The van der Waals surface area contributed by atoms with Crippen molar-refractivity contribution in [1.82, 2.24) is 4.90 Å². The number of hydrogen-bond donors (Lipinski definition) is 2. The lowest BCUT2D eigenvalue weighted by molar-refractivity contribution is 0.135. The summed E-state index contributed by atoms with van der Waals surface area (Å²) in [6.07, 6.45) is 2.13. The van der Waals surface area contributed by atoms with Crippen LogP contribution in [0.25, 0.3) is 0 Å². The monoisotopic (exact) mass is 284 g/mol. The second kappa shape index (κ2) is 6.98. The van der Waals surface area contributed by atoms with Crippen molar-refractivity contribution < 1.29 is 9.84 Å². The molecular weight excluding hydrogens is 264 g/mol. The fourth-order valence-electron chi connectivity index (χ4n) is 2.34. The number of aliphatic hydroxyl groups excluding tert-OH is 1. The van der Waals surface area contributed by atoms with Gasteiger partial charge in [0.05, 0.1) is 18.2 Å². The van der Waals surface area contributed by atoms with Gasteiger partial charge in [-0.1, -0.05) is 11.6 Å². The van der Waals surface area contributed by atoms with Gasteiger partial charge in [0.2, 0.25) is 0 Å². The van der Waals surface area contributed by atoms with Crippen molar-refractivity contribution in [2.24, 2.45) is 0 Å². The molecular formula is C14H21ClN2O2. The average molecular weight is 285 g/mol. The predicted octanol–water partition coefficient (Wildman–Crippen LogP) is 2.22. The molecule has 0 amide bonds. The highest BCUT2D eigenvalue weighted by Crippen LogP contribution is 2.27. The summed E-state index contributed by atoms with van der Waals surface area (Å²) in [4.78, 5) is 2.30. The fourth-order valence-corrected chi connectivity index (χ4v) is 2.60. The Bertz CT molecular complexity index is 408. The predicted molar refractivity (Wildman–Crippen MR) is 78.2 cm³/mol. The number of methoxy groups -OCH3 is 1. The molecule has 4 nitrogen and oxygen atoms in total. The van der Waals surface area contributed by atoms with Gasteiger partial charge in [-0.15, -0.1) is 0 Å². The first-order valence-electron chi connectivity index (χ1n) is 6.67. The lowest BCUT2D eigenvalue weighted by Crippen LogP contribution is -2.34. The Hall–Kier alpha value is -0.970. The van der Waals surface area contributed by atoms with Crippen LogP contribution in [0, 0.1) is 0 Å². The van der Waals surface area contributed by atoms with Crippen molar-refractivity contribution >= 4 is 17.3 Å². The van der Waals surface area contributed by atoms with Crippen LogP contribution in [0.15, 0.2) is 18.2 Å². The smallest absolute Gasteiger partial charge is 0.137 e. The van der Waals surface area contributed by atoms with Crippen molar-refractivity contribution in [3.05, 3.63) is 23.2 Å². The molecule has 2 rings (SSSR count). The van der Waals surface area contributed by atoms with E-state index >= 15 is 0 Å². The van der Waals surface area contributed by atoms with Crippen LogP contribution >= 0.6 is 11.6 Å². The van der Waals surface area contributed by atoms with Crippen molar-refractivity contribution in [2.45, 2.75) is 18.9 Å². The molecule has 0 aliphatic carbocycles. The van der Waals surface area contributed by atoms with Gasteiger partial charge < -0.3 is 20.1 Å². The van der Waals surface area contributed by atoms with Gasteiger partial charge >= 0.3 is 0 Å². The highest BCUT2D eigenvalue weighted by molar-refractivity contribution is 6.32. The van der Waals surface area contributed by atoms with Crippen LogP contribution in [0.2, 0.25) is 5.02 Å². The first-order chi connectivity index (χ1) is 9.19. The SMILES string of the molecule is COc1ccc(NCC(O)CN2CCCC2)cc1Cl. The minimum absolute atomic E-state index is 0.362. The Labute approximate surface area is 119 Å². The van der Waals surface area contributed by atoms with Crippen LogP contribution < -0.4 is 10.1 Å². The number of halogens is 1. The summed E-state index contributed by atoms with van der Waals surface area (Å²) in [6, 6.07) is 5.52. The van der Waals surface area contributed by atoms with E-state index in [9.17, 15) is 5.11 Å². The van der Waals surface area contributed by atoms with Crippen LogP contribution in [-0.4, -0.2) is 49.4 Å². The summed E-state index contributed by atoms with van der Waals surface area (Å²) in [5.74, 6) is 0.657. The minimum Gasteiger partial charge on any atom is -0.495 e. The van der Waals surface area contributed by atoms with E-state index in [1.165, 1.54) is 12.8 Å². The van der Waals surface area contributed by atoms with Gasteiger partial charge in [0.1, 0.15) is 5.75 Å². The summed E-state index contributed by atoms with van der Waals surface area (Å²) in [5.41, 5.74) is 0.895. The third-order valence-corrected chi connectivity index (χ3v) is 3.66. The van der Waals surface area contributed by atoms with Crippen LogP contribution in [0.3, 0.4) is 0 Å². The Balaban J connectivity index is 1.79. The molecule has 1 unspecified atom stereocenters. The second-order valence-corrected chi connectivity index (χ2v) is 5.30. The standard InChI is InChI=1S/C14H21ClN2O2/c1-19-14-5-4-11(8-13(14)15)16-9-12(18)10-17-6-2-3-7-17/h4-5,8,12,16,18H,2-3,6-7,9-10H2,1H3. The molecule has 1 aliphatic heterocycles. The Kier molecular flexibility index (Phi) is 5.31. The molecule has 0 radical (unpaired) electrons. The molecule has 1 aromatic carbocycles. The van der Waals surface area contributed by atoms with E-state index in [1.54, 1.807) is 7.11 Å². The maximum atomic E-state index is 9.98. The van der Waals surface area contributed by atoms with E-state index in [4.69, 9.17) is 16.3 Å². The number of benzene rings is 1. The molecule has 2 N–H and O–H groups in total. The molecule has 1 fully saturated rings. The fraction of sp³-hybridized carbons (Fsp3) is 0.571. The third-order valence-electron chi connectivity index (χ3n) is 3.36. The number of hydrogen-bond acceptors (Lipinski definition) is 4. The number of aliphatic hydroxyl groups is 1. The van der Waals surface area contributed by atoms with E-state index in [0.717, 1.165) is 25.3 Å². The van der Waals surface area contributed by atoms with E-state index < -0.39 is 0 Å². The number of ether oxygens (including phenoxy) is 1. The van der Waals surface area contributed by atoms with Crippen LogP contribution in [0.4, 0.5) is 5.69 Å². The zero-order valence-corrected chi connectivity index (χ0v) is 12.0. The molecule has 1 heterocycles. The first kappa shape index (κ1) is 14.4. The van der Waals surface area contributed by atoms with Gasteiger partial charge in [0.25, 0.3) is 0 Å². The number of nitrogens with one attached hydrogen (secondary N) is 1. The molecule has 106 valence electrons. The lowest BCUT2D eigenvalue weighted by atomic mass is 10.2. The zero-order chi connectivity index (χ0) is 13.7. The Morgan fingerprint density at radius 2 is 2.16 bits per heavy atom. The molecule has 1 atom stereocenters. The molecule has 5 heteroatoms. The molecule has 1 aliphatic rings. The van der Waals surface area contributed by atoms with E-state index in [2.05, 4.69) is 10.2 Å². The van der Waals surface area contributed by atoms with Gasteiger partial charge in [0, 0.05) is 18.8 Å². The molecule has 0 spiro atoms. The Morgan fingerprint density at radius 3 is 2.79 bits per heavy atom. The van der Waals surface area contributed by atoms with Crippen LogP contribution in [0.5, 0.6) is 5.75 Å². The summed E-state index contributed by atoms with van der Waals surface area (Å²) < 4.78 is 5.10. The topological polar surface area (TPSA) is 44.7 Å². The molecule has 0 bridgehead atoms. The highest BCUT2D eigenvalue weighted by Gasteiger charge is 2.15.